The summed E-state index contributed by atoms with van der Waals surface area (Å²) in [6.07, 6.45) is 0.0679. The summed E-state index contributed by atoms with van der Waals surface area (Å²) in [5.74, 6) is 0.467. The first-order valence-corrected chi connectivity index (χ1v) is 5.22. The average Bonchev–Trinajstić information content (AvgIpc) is 2.11. The lowest BCUT2D eigenvalue weighted by Crippen LogP contribution is -2.37. The number of rotatable bonds is 6. The maximum Gasteiger partial charge on any atom is 0.409 e. The molecule has 15 heavy (non-hydrogen) atoms. The van der Waals surface area contributed by atoms with Gasteiger partial charge in [-0.3, -0.25) is 5.41 Å². The van der Waals surface area contributed by atoms with E-state index in [-0.39, 0.29) is 11.9 Å². The van der Waals surface area contributed by atoms with E-state index in [1.54, 1.807) is 11.8 Å². The van der Waals surface area contributed by atoms with Gasteiger partial charge < -0.3 is 15.4 Å². The molecule has 5 heteroatoms. The summed E-state index contributed by atoms with van der Waals surface area (Å²) in [6.45, 7) is 7.28. The van der Waals surface area contributed by atoms with Gasteiger partial charge in [-0.05, 0) is 12.8 Å². The van der Waals surface area contributed by atoms with E-state index in [9.17, 15) is 4.79 Å². The van der Waals surface area contributed by atoms with Gasteiger partial charge in [0.2, 0.25) is 0 Å². The van der Waals surface area contributed by atoms with Gasteiger partial charge in [-0.25, -0.2) is 4.79 Å². The molecule has 0 aliphatic carbocycles. The van der Waals surface area contributed by atoms with Gasteiger partial charge in [0.05, 0.1) is 12.4 Å². The van der Waals surface area contributed by atoms with E-state index in [1.165, 1.54) is 0 Å². The molecule has 0 saturated heterocycles. The molecule has 0 aromatic rings. The van der Waals surface area contributed by atoms with Crippen LogP contribution in [0.4, 0.5) is 4.79 Å². The number of carbonyl (C=O) groups excluding carboxylic acids is 1. The van der Waals surface area contributed by atoms with Crippen LogP contribution < -0.4 is 5.73 Å². The first-order valence-electron chi connectivity index (χ1n) is 5.22. The Labute approximate surface area is 91.1 Å². The second-order valence-corrected chi connectivity index (χ2v) is 3.81. The Morgan fingerprint density at radius 3 is 2.53 bits per heavy atom. The molecule has 0 spiro atoms. The molecule has 0 aliphatic rings. The molecule has 0 heterocycles. The quantitative estimate of drug-likeness (QED) is 0.519. The SMILES string of the molecule is CCOC(=O)N(CCC(=N)N)CC(C)C. The van der Waals surface area contributed by atoms with Crippen molar-refractivity contribution in [3.63, 3.8) is 0 Å². The van der Waals surface area contributed by atoms with Crippen LogP contribution in [0.1, 0.15) is 27.2 Å². The standard InChI is InChI=1S/C10H21N3O2/c1-4-15-10(14)13(7-8(2)3)6-5-9(11)12/h8H,4-7H2,1-3H3,(H3,11,12). The molecular formula is C10H21N3O2. The first kappa shape index (κ1) is 13.7. The third-order valence-corrected chi connectivity index (χ3v) is 1.76. The second-order valence-electron chi connectivity index (χ2n) is 3.81. The number of hydrogen-bond donors (Lipinski definition) is 2. The number of ether oxygens (including phenoxy) is 1. The molecule has 0 atom stereocenters. The van der Waals surface area contributed by atoms with Gasteiger partial charge in [0, 0.05) is 19.5 Å². The van der Waals surface area contributed by atoms with Crippen molar-refractivity contribution in [3.05, 3.63) is 0 Å². The highest BCUT2D eigenvalue weighted by Crippen LogP contribution is 2.02. The molecule has 0 unspecified atom stereocenters. The minimum absolute atomic E-state index is 0.0908. The van der Waals surface area contributed by atoms with Gasteiger partial charge in [-0.2, -0.15) is 0 Å². The van der Waals surface area contributed by atoms with Crippen LogP contribution in [0.5, 0.6) is 0 Å². The largest absolute Gasteiger partial charge is 0.450 e. The number of nitrogens with two attached hydrogens (primary N) is 1. The molecule has 5 nitrogen and oxygen atoms in total. The highest BCUT2D eigenvalue weighted by atomic mass is 16.6. The van der Waals surface area contributed by atoms with Crippen LogP contribution in [0.3, 0.4) is 0 Å². The third-order valence-electron chi connectivity index (χ3n) is 1.76. The lowest BCUT2D eigenvalue weighted by atomic mass is 10.2. The predicted octanol–water partition coefficient (Wildman–Crippen LogP) is 1.43. The molecule has 0 fully saturated rings. The van der Waals surface area contributed by atoms with Crippen LogP contribution in [0.25, 0.3) is 0 Å². The van der Waals surface area contributed by atoms with E-state index in [0.29, 0.717) is 32.0 Å². The number of carbonyl (C=O) groups is 1. The molecule has 0 bridgehead atoms. The summed E-state index contributed by atoms with van der Waals surface area (Å²) in [7, 11) is 0. The Morgan fingerprint density at radius 1 is 1.53 bits per heavy atom. The van der Waals surface area contributed by atoms with Crippen molar-refractivity contribution in [2.45, 2.75) is 27.2 Å². The fourth-order valence-electron chi connectivity index (χ4n) is 1.17. The van der Waals surface area contributed by atoms with Crippen molar-refractivity contribution in [2.75, 3.05) is 19.7 Å². The summed E-state index contributed by atoms with van der Waals surface area (Å²) in [6, 6.07) is 0. The zero-order valence-electron chi connectivity index (χ0n) is 9.75. The van der Waals surface area contributed by atoms with Crippen LogP contribution in [-0.2, 0) is 4.74 Å². The smallest absolute Gasteiger partial charge is 0.409 e. The molecule has 3 N–H and O–H groups in total. The lowest BCUT2D eigenvalue weighted by Gasteiger charge is -2.23. The number of nitrogens with one attached hydrogen (secondary N) is 1. The summed E-state index contributed by atoms with van der Waals surface area (Å²) in [5, 5.41) is 7.11. The minimum Gasteiger partial charge on any atom is -0.450 e. The van der Waals surface area contributed by atoms with Crippen LogP contribution in [0, 0.1) is 11.3 Å². The predicted molar refractivity (Wildman–Crippen MR) is 60.0 cm³/mol. The third kappa shape index (κ3) is 6.76. The topological polar surface area (TPSA) is 79.4 Å². The van der Waals surface area contributed by atoms with Crippen LogP contribution in [0.15, 0.2) is 0 Å². The fourth-order valence-corrected chi connectivity index (χ4v) is 1.17. The van der Waals surface area contributed by atoms with E-state index in [4.69, 9.17) is 15.9 Å². The number of nitrogens with zero attached hydrogens (tertiary/aromatic N) is 1. The van der Waals surface area contributed by atoms with Crippen LogP contribution >= 0.6 is 0 Å². The average molecular weight is 215 g/mol. The molecule has 0 saturated carbocycles. The summed E-state index contributed by atoms with van der Waals surface area (Å²) < 4.78 is 4.91. The van der Waals surface area contributed by atoms with E-state index >= 15 is 0 Å². The van der Waals surface area contributed by atoms with Crippen molar-refractivity contribution in [2.24, 2.45) is 11.7 Å². The minimum atomic E-state index is -0.326. The van der Waals surface area contributed by atoms with Gasteiger partial charge in [0.1, 0.15) is 0 Å². The van der Waals surface area contributed by atoms with E-state index < -0.39 is 0 Å². The highest BCUT2D eigenvalue weighted by molar-refractivity contribution is 5.77. The van der Waals surface area contributed by atoms with E-state index in [0.717, 1.165) is 0 Å². The lowest BCUT2D eigenvalue weighted by molar-refractivity contribution is 0.104. The Bertz CT molecular complexity index is 217. The molecule has 0 radical (unpaired) electrons. The van der Waals surface area contributed by atoms with Gasteiger partial charge in [-0.15, -0.1) is 0 Å². The zero-order valence-corrected chi connectivity index (χ0v) is 9.75. The molecule has 0 aliphatic heterocycles. The number of amides is 1. The monoisotopic (exact) mass is 215 g/mol. The highest BCUT2D eigenvalue weighted by Gasteiger charge is 2.15. The Balaban J connectivity index is 4.16. The van der Waals surface area contributed by atoms with Crippen molar-refractivity contribution >= 4 is 11.9 Å². The number of amidine groups is 1. The van der Waals surface area contributed by atoms with Crippen molar-refractivity contribution in [1.82, 2.24) is 4.90 Å². The Kier molecular flexibility index (Phi) is 6.49. The van der Waals surface area contributed by atoms with E-state index in [1.807, 2.05) is 13.8 Å². The molecule has 1 amide bonds. The Morgan fingerprint density at radius 2 is 2.13 bits per heavy atom. The van der Waals surface area contributed by atoms with Crippen molar-refractivity contribution in [3.8, 4) is 0 Å². The van der Waals surface area contributed by atoms with Crippen LogP contribution in [-0.4, -0.2) is 36.5 Å². The van der Waals surface area contributed by atoms with Gasteiger partial charge in [0.15, 0.2) is 0 Å². The van der Waals surface area contributed by atoms with Gasteiger partial charge in [0.25, 0.3) is 0 Å². The van der Waals surface area contributed by atoms with Crippen LogP contribution in [0.2, 0.25) is 0 Å². The molecule has 0 aromatic heterocycles. The molecule has 0 aromatic carbocycles. The number of hydrogen-bond acceptors (Lipinski definition) is 3. The Hall–Kier alpha value is -1.26. The maximum absolute atomic E-state index is 11.5. The summed E-state index contributed by atoms with van der Waals surface area (Å²) >= 11 is 0. The second kappa shape index (κ2) is 7.09. The molecule has 88 valence electrons. The molecular weight excluding hydrogens is 194 g/mol. The van der Waals surface area contributed by atoms with Gasteiger partial charge in [-0.1, -0.05) is 13.8 Å². The van der Waals surface area contributed by atoms with Crippen molar-refractivity contribution in [1.29, 1.82) is 5.41 Å². The summed E-state index contributed by atoms with van der Waals surface area (Å²) in [4.78, 5) is 13.1. The van der Waals surface area contributed by atoms with Crippen molar-refractivity contribution < 1.29 is 9.53 Å². The van der Waals surface area contributed by atoms with E-state index in [2.05, 4.69) is 0 Å². The zero-order chi connectivity index (χ0) is 11.8. The summed E-state index contributed by atoms with van der Waals surface area (Å²) in [5.41, 5.74) is 5.25. The maximum atomic E-state index is 11.5. The fraction of sp³-hybridized carbons (Fsp3) is 0.800. The molecule has 0 rings (SSSR count). The first-order chi connectivity index (χ1) is 6.97. The van der Waals surface area contributed by atoms with Gasteiger partial charge >= 0.3 is 6.09 Å². The normalized spacial score (nSPS) is 10.1.